The molecule has 0 spiro atoms. The molecule has 116 valence electrons. The fourth-order valence-electron chi connectivity index (χ4n) is 3.12. The Labute approximate surface area is 134 Å². The number of likely N-dealkylation sites (tertiary alicyclic amines) is 1. The monoisotopic (exact) mass is 305 g/mol. The maximum Gasteiger partial charge on any atom is 0.0816 e. The van der Waals surface area contributed by atoms with E-state index >= 15 is 0 Å². The first-order valence-electron chi connectivity index (χ1n) is 7.77. The second kappa shape index (κ2) is 7.87. The molecule has 3 nitrogen and oxygen atoms in total. The lowest BCUT2D eigenvalue weighted by molar-refractivity contribution is 0.176. The topological polar surface area (TPSA) is 32.5 Å². The number of thiocarbonyl (C=S) groups is 1. The van der Waals surface area contributed by atoms with Crippen molar-refractivity contribution in [1.29, 1.82) is 0 Å². The molecule has 1 fully saturated rings. The number of nitrogens with two attached hydrogens (primary N) is 1. The molecule has 1 unspecified atom stereocenters. The zero-order chi connectivity index (χ0) is 15.2. The van der Waals surface area contributed by atoms with Crippen molar-refractivity contribution >= 4 is 17.2 Å². The molecule has 2 rings (SSSR count). The number of rotatable bonds is 6. The van der Waals surface area contributed by atoms with Crippen LogP contribution in [0.2, 0.25) is 0 Å². The second-order valence-electron chi connectivity index (χ2n) is 6.33. The van der Waals surface area contributed by atoms with Gasteiger partial charge < -0.3 is 15.5 Å². The molecule has 0 aromatic heterocycles. The summed E-state index contributed by atoms with van der Waals surface area (Å²) >= 11 is 5.28. The average molecular weight is 305 g/mol. The maximum atomic E-state index is 5.97. The summed E-state index contributed by atoms with van der Waals surface area (Å²) in [5.74, 6) is 0.950. The van der Waals surface area contributed by atoms with Crippen molar-refractivity contribution in [3.8, 4) is 0 Å². The van der Waals surface area contributed by atoms with E-state index in [-0.39, 0.29) is 5.92 Å². The van der Waals surface area contributed by atoms with Gasteiger partial charge in [-0.1, -0.05) is 42.5 Å². The number of hydrogen-bond donors (Lipinski definition) is 1. The summed E-state index contributed by atoms with van der Waals surface area (Å²) < 4.78 is 0. The van der Waals surface area contributed by atoms with Crippen molar-refractivity contribution < 1.29 is 0 Å². The number of piperidine rings is 1. The molecule has 4 heteroatoms. The molecule has 1 aliphatic rings. The quantitative estimate of drug-likeness (QED) is 0.818. The number of likely N-dealkylation sites (N-methyl/N-ethyl adjacent to an activating group) is 1. The van der Waals surface area contributed by atoms with Gasteiger partial charge in [0.15, 0.2) is 0 Å². The SMILES string of the molecule is CN1CCC(CN(C)CC(C(N)=S)c2ccccc2)CC1. The van der Waals surface area contributed by atoms with Gasteiger partial charge >= 0.3 is 0 Å². The highest BCUT2D eigenvalue weighted by molar-refractivity contribution is 7.80. The van der Waals surface area contributed by atoms with Crippen LogP contribution >= 0.6 is 12.2 Å². The summed E-state index contributed by atoms with van der Waals surface area (Å²) in [5.41, 5.74) is 7.19. The molecular formula is C17H27N3S. The van der Waals surface area contributed by atoms with Gasteiger partial charge in [0, 0.05) is 19.0 Å². The highest BCUT2D eigenvalue weighted by Crippen LogP contribution is 2.20. The van der Waals surface area contributed by atoms with E-state index in [2.05, 4.69) is 48.2 Å². The Morgan fingerprint density at radius 3 is 2.52 bits per heavy atom. The highest BCUT2D eigenvalue weighted by atomic mass is 32.1. The summed E-state index contributed by atoms with van der Waals surface area (Å²) in [6.07, 6.45) is 2.59. The first kappa shape index (κ1) is 16.4. The minimum Gasteiger partial charge on any atom is -0.393 e. The van der Waals surface area contributed by atoms with E-state index in [0.717, 1.165) is 19.0 Å². The van der Waals surface area contributed by atoms with Crippen LogP contribution in [0.3, 0.4) is 0 Å². The zero-order valence-electron chi connectivity index (χ0n) is 13.2. The number of benzene rings is 1. The molecule has 1 aromatic rings. The van der Waals surface area contributed by atoms with E-state index in [0.29, 0.717) is 4.99 Å². The van der Waals surface area contributed by atoms with E-state index in [1.165, 1.54) is 31.5 Å². The number of hydrogen-bond acceptors (Lipinski definition) is 3. The standard InChI is InChI=1S/C17H27N3S/c1-19-10-8-14(9-11-19)12-20(2)13-16(17(18)21)15-6-4-3-5-7-15/h3-7,14,16H,8-13H2,1-2H3,(H2,18,21). The van der Waals surface area contributed by atoms with Gasteiger partial charge in [0.2, 0.25) is 0 Å². The van der Waals surface area contributed by atoms with Crippen LogP contribution in [0.15, 0.2) is 30.3 Å². The largest absolute Gasteiger partial charge is 0.393 e. The van der Waals surface area contributed by atoms with Crippen molar-refractivity contribution in [2.24, 2.45) is 11.7 Å². The molecule has 1 aromatic carbocycles. The lowest BCUT2D eigenvalue weighted by atomic mass is 9.95. The van der Waals surface area contributed by atoms with Crippen LogP contribution in [0.5, 0.6) is 0 Å². The Morgan fingerprint density at radius 1 is 1.33 bits per heavy atom. The average Bonchev–Trinajstić information content (AvgIpc) is 2.48. The van der Waals surface area contributed by atoms with Crippen molar-refractivity contribution in [1.82, 2.24) is 9.80 Å². The summed E-state index contributed by atoms with van der Waals surface area (Å²) in [5, 5.41) is 0. The smallest absolute Gasteiger partial charge is 0.0816 e. The van der Waals surface area contributed by atoms with E-state index in [1.807, 2.05) is 6.07 Å². The molecule has 0 radical (unpaired) electrons. The Kier molecular flexibility index (Phi) is 6.15. The Hall–Kier alpha value is -0.970. The van der Waals surface area contributed by atoms with Gasteiger partial charge in [-0.05, 0) is 51.5 Å². The van der Waals surface area contributed by atoms with Gasteiger partial charge in [-0.3, -0.25) is 0 Å². The predicted molar refractivity (Wildman–Crippen MR) is 93.7 cm³/mol. The molecular weight excluding hydrogens is 278 g/mol. The van der Waals surface area contributed by atoms with E-state index in [9.17, 15) is 0 Å². The fraction of sp³-hybridized carbons (Fsp3) is 0.588. The van der Waals surface area contributed by atoms with Gasteiger partial charge in [-0.25, -0.2) is 0 Å². The second-order valence-corrected chi connectivity index (χ2v) is 6.80. The van der Waals surface area contributed by atoms with Gasteiger partial charge in [0.05, 0.1) is 4.99 Å². The molecule has 2 N–H and O–H groups in total. The van der Waals surface area contributed by atoms with Crippen LogP contribution in [0.25, 0.3) is 0 Å². The minimum atomic E-state index is 0.150. The summed E-state index contributed by atoms with van der Waals surface area (Å²) in [7, 11) is 4.39. The van der Waals surface area contributed by atoms with E-state index in [4.69, 9.17) is 18.0 Å². The maximum absolute atomic E-state index is 5.97. The Morgan fingerprint density at radius 2 is 1.95 bits per heavy atom. The third kappa shape index (κ3) is 5.06. The first-order chi connectivity index (χ1) is 10.1. The summed E-state index contributed by atoms with van der Waals surface area (Å²) in [6, 6.07) is 10.4. The Bertz CT molecular complexity index is 441. The van der Waals surface area contributed by atoms with Crippen LogP contribution in [-0.2, 0) is 0 Å². The predicted octanol–water partition coefficient (Wildman–Crippen LogP) is 2.33. The summed E-state index contributed by atoms with van der Waals surface area (Å²) in [4.78, 5) is 5.40. The van der Waals surface area contributed by atoms with Crippen LogP contribution in [0.1, 0.15) is 24.3 Å². The van der Waals surface area contributed by atoms with E-state index < -0.39 is 0 Å². The van der Waals surface area contributed by atoms with Gasteiger partial charge in [-0.15, -0.1) is 0 Å². The first-order valence-corrected chi connectivity index (χ1v) is 8.18. The van der Waals surface area contributed by atoms with Crippen molar-refractivity contribution in [3.05, 3.63) is 35.9 Å². The summed E-state index contributed by atoms with van der Waals surface area (Å²) in [6.45, 7) is 4.48. The molecule has 0 amide bonds. The Balaban J connectivity index is 1.90. The third-order valence-corrected chi connectivity index (χ3v) is 4.73. The molecule has 1 atom stereocenters. The molecule has 1 heterocycles. The molecule has 21 heavy (non-hydrogen) atoms. The lowest BCUT2D eigenvalue weighted by Gasteiger charge is -2.32. The van der Waals surface area contributed by atoms with Crippen LogP contribution in [0.4, 0.5) is 0 Å². The molecule has 0 aliphatic carbocycles. The zero-order valence-corrected chi connectivity index (χ0v) is 14.0. The van der Waals surface area contributed by atoms with E-state index in [1.54, 1.807) is 0 Å². The van der Waals surface area contributed by atoms with Crippen molar-refractivity contribution in [3.63, 3.8) is 0 Å². The van der Waals surface area contributed by atoms with Crippen molar-refractivity contribution in [2.75, 3.05) is 40.3 Å². The highest BCUT2D eigenvalue weighted by Gasteiger charge is 2.21. The van der Waals surface area contributed by atoms with Gasteiger partial charge in [0.1, 0.15) is 0 Å². The molecule has 0 bridgehead atoms. The van der Waals surface area contributed by atoms with Crippen LogP contribution in [0, 0.1) is 5.92 Å². The van der Waals surface area contributed by atoms with Crippen LogP contribution < -0.4 is 5.73 Å². The van der Waals surface area contributed by atoms with Gasteiger partial charge in [0.25, 0.3) is 0 Å². The fourth-order valence-corrected chi connectivity index (χ4v) is 3.33. The third-order valence-electron chi connectivity index (χ3n) is 4.45. The van der Waals surface area contributed by atoms with Gasteiger partial charge in [-0.2, -0.15) is 0 Å². The van der Waals surface area contributed by atoms with Crippen LogP contribution in [-0.4, -0.2) is 55.1 Å². The molecule has 0 saturated carbocycles. The molecule has 1 saturated heterocycles. The lowest BCUT2D eigenvalue weighted by Crippen LogP contribution is -2.38. The molecule has 1 aliphatic heterocycles. The normalized spacial score (nSPS) is 18.8. The minimum absolute atomic E-state index is 0.150. The number of nitrogens with zero attached hydrogens (tertiary/aromatic N) is 2. The van der Waals surface area contributed by atoms with Crippen molar-refractivity contribution in [2.45, 2.75) is 18.8 Å².